The van der Waals surface area contributed by atoms with Crippen LogP contribution in [0.25, 0.3) is 0 Å². The molecule has 0 atom stereocenters. The number of aromatic nitrogens is 3. The van der Waals surface area contributed by atoms with Gasteiger partial charge < -0.3 is 5.32 Å². The van der Waals surface area contributed by atoms with Crippen LogP contribution in [0, 0.1) is 5.92 Å². The zero-order chi connectivity index (χ0) is 12.8. The molecule has 1 aromatic heterocycles. The van der Waals surface area contributed by atoms with Crippen molar-refractivity contribution in [1.82, 2.24) is 15.2 Å². The smallest absolute Gasteiger partial charge is 0.242 e. The summed E-state index contributed by atoms with van der Waals surface area (Å²) in [5, 5.41) is 11.7. The first-order valence-electron chi connectivity index (χ1n) is 7.29. The van der Waals surface area contributed by atoms with Gasteiger partial charge in [-0.1, -0.05) is 39.5 Å². The van der Waals surface area contributed by atoms with E-state index in [2.05, 4.69) is 34.3 Å². The van der Waals surface area contributed by atoms with Crippen LogP contribution in [-0.2, 0) is 12.8 Å². The summed E-state index contributed by atoms with van der Waals surface area (Å²) >= 11 is 0. The standard InChI is InChI=1S/C14H24N4/c1-3-12-13(4-2)17-18-14(16-12)15-10-9-11-7-5-6-8-11/h11H,3-10H2,1-2H3,(H,15,16,18). The molecule has 0 saturated heterocycles. The molecule has 1 saturated carbocycles. The molecule has 1 aliphatic rings. The lowest BCUT2D eigenvalue weighted by Gasteiger charge is -2.10. The van der Waals surface area contributed by atoms with Crippen LogP contribution in [-0.4, -0.2) is 21.7 Å². The third-order valence-corrected chi connectivity index (χ3v) is 3.82. The number of nitrogens with one attached hydrogen (secondary N) is 1. The largest absolute Gasteiger partial charge is 0.353 e. The summed E-state index contributed by atoms with van der Waals surface area (Å²) in [6.07, 6.45) is 8.69. The normalized spacial score (nSPS) is 16.1. The number of hydrogen-bond donors (Lipinski definition) is 1. The molecule has 0 aliphatic heterocycles. The van der Waals surface area contributed by atoms with Gasteiger partial charge in [-0.15, -0.1) is 5.10 Å². The molecule has 1 aliphatic carbocycles. The topological polar surface area (TPSA) is 50.7 Å². The predicted molar refractivity (Wildman–Crippen MR) is 73.6 cm³/mol. The van der Waals surface area contributed by atoms with Gasteiger partial charge in [-0.05, 0) is 25.2 Å². The number of aryl methyl sites for hydroxylation is 2. The molecule has 0 aromatic carbocycles. The van der Waals surface area contributed by atoms with Crippen molar-refractivity contribution in [2.24, 2.45) is 5.92 Å². The van der Waals surface area contributed by atoms with Crippen molar-refractivity contribution in [3.05, 3.63) is 11.4 Å². The summed E-state index contributed by atoms with van der Waals surface area (Å²) in [5.74, 6) is 1.60. The van der Waals surface area contributed by atoms with Gasteiger partial charge in [0.15, 0.2) is 0 Å². The molecule has 0 amide bonds. The fraction of sp³-hybridized carbons (Fsp3) is 0.786. The first kappa shape index (κ1) is 13.2. The first-order valence-corrected chi connectivity index (χ1v) is 7.29. The van der Waals surface area contributed by atoms with Gasteiger partial charge in [-0.25, -0.2) is 4.98 Å². The second kappa shape index (κ2) is 6.66. The molecule has 1 N–H and O–H groups in total. The van der Waals surface area contributed by atoms with E-state index in [-0.39, 0.29) is 0 Å². The minimum Gasteiger partial charge on any atom is -0.353 e. The van der Waals surface area contributed by atoms with Crippen molar-refractivity contribution in [1.29, 1.82) is 0 Å². The molecule has 0 radical (unpaired) electrons. The zero-order valence-electron chi connectivity index (χ0n) is 11.6. The molecular weight excluding hydrogens is 224 g/mol. The van der Waals surface area contributed by atoms with E-state index in [0.717, 1.165) is 36.7 Å². The maximum atomic E-state index is 4.54. The molecule has 1 aromatic rings. The minimum atomic E-state index is 0.696. The molecule has 4 heteroatoms. The van der Waals surface area contributed by atoms with Gasteiger partial charge >= 0.3 is 0 Å². The number of nitrogens with zero attached hydrogens (tertiary/aromatic N) is 3. The van der Waals surface area contributed by atoms with Crippen LogP contribution < -0.4 is 5.32 Å². The summed E-state index contributed by atoms with van der Waals surface area (Å²) in [4.78, 5) is 4.54. The van der Waals surface area contributed by atoms with Gasteiger partial charge in [-0.3, -0.25) is 0 Å². The van der Waals surface area contributed by atoms with E-state index in [1.807, 2.05) is 0 Å². The van der Waals surface area contributed by atoms with Crippen LogP contribution in [0.4, 0.5) is 5.95 Å². The predicted octanol–water partition coefficient (Wildman–Crippen LogP) is 2.99. The third kappa shape index (κ3) is 3.40. The maximum absolute atomic E-state index is 4.54. The number of hydrogen-bond acceptors (Lipinski definition) is 4. The summed E-state index contributed by atoms with van der Waals surface area (Å²) in [7, 11) is 0. The van der Waals surface area contributed by atoms with Crippen LogP contribution in [0.15, 0.2) is 0 Å². The average Bonchev–Trinajstić information content (AvgIpc) is 2.91. The van der Waals surface area contributed by atoms with Gasteiger partial charge in [0.2, 0.25) is 5.95 Å². The van der Waals surface area contributed by atoms with E-state index in [4.69, 9.17) is 0 Å². The molecule has 1 heterocycles. The van der Waals surface area contributed by atoms with Gasteiger partial charge in [0.25, 0.3) is 0 Å². The minimum absolute atomic E-state index is 0.696. The van der Waals surface area contributed by atoms with Crippen LogP contribution >= 0.6 is 0 Å². The quantitative estimate of drug-likeness (QED) is 0.841. The van der Waals surface area contributed by atoms with E-state index >= 15 is 0 Å². The lowest BCUT2D eigenvalue weighted by Crippen LogP contribution is -2.12. The Kier molecular flexibility index (Phi) is 4.90. The molecule has 0 bridgehead atoms. The van der Waals surface area contributed by atoms with Crippen LogP contribution in [0.5, 0.6) is 0 Å². The Bertz CT molecular complexity index is 372. The van der Waals surface area contributed by atoms with Crippen molar-refractivity contribution < 1.29 is 0 Å². The maximum Gasteiger partial charge on any atom is 0.242 e. The monoisotopic (exact) mass is 248 g/mol. The molecule has 18 heavy (non-hydrogen) atoms. The summed E-state index contributed by atoms with van der Waals surface area (Å²) in [6, 6.07) is 0. The number of anilines is 1. The van der Waals surface area contributed by atoms with Gasteiger partial charge in [-0.2, -0.15) is 5.10 Å². The Morgan fingerprint density at radius 2 is 1.78 bits per heavy atom. The van der Waals surface area contributed by atoms with Crippen molar-refractivity contribution >= 4 is 5.95 Å². The van der Waals surface area contributed by atoms with E-state index in [9.17, 15) is 0 Å². The molecule has 2 rings (SSSR count). The second-order valence-corrected chi connectivity index (χ2v) is 5.10. The lowest BCUT2D eigenvalue weighted by molar-refractivity contribution is 0.517. The highest BCUT2D eigenvalue weighted by molar-refractivity contribution is 5.25. The average molecular weight is 248 g/mol. The van der Waals surface area contributed by atoms with E-state index < -0.39 is 0 Å². The fourth-order valence-corrected chi connectivity index (χ4v) is 2.70. The first-order chi connectivity index (χ1) is 8.83. The van der Waals surface area contributed by atoms with Crippen molar-refractivity contribution in [2.45, 2.75) is 58.8 Å². The van der Waals surface area contributed by atoms with Crippen LogP contribution in [0.1, 0.15) is 57.3 Å². The molecule has 100 valence electrons. The van der Waals surface area contributed by atoms with Gasteiger partial charge in [0.1, 0.15) is 0 Å². The Hall–Kier alpha value is -1.19. The molecule has 0 unspecified atom stereocenters. The van der Waals surface area contributed by atoms with Crippen LogP contribution in [0.3, 0.4) is 0 Å². The van der Waals surface area contributed by atoms with E-state index in [0.29, 0.717) is 5.95 Å². The fourth-order valence-electron chi connectivity index (χ4n) is 2.70. The summed E-state index contributed by atoms with van der Waals surface area (Å²) in [5.41, 5.74) is 2.11. The summed E-state index contributed by atoms with van der Waals surface area (Å²) in [6.45, 7) is 5.19. The van der Waals surface area contributed by atoms with Gasteiger partial charge in [0.05, 0.1) is 11.4 Å². The van der Waals surface area contributed by atoms with Crippen molar-refractivity contribution in [3.8, 4) is 0 Å². The molecule has 4 nitrogen and oxygen atoms in total. The Morgan fingerprint density at radius 1 is 1.06 bits per heavy atom. The van der Waals surface area contributed by atoms with Crippen molar-refractivity contribution in [2.75, 3.05) is 11.9 Å². The highest BCUT2D eigenvalue weighted by Gasteiger charge is 2.14. The Labute approximate surface area is 110 Å². The van der Waals surface area contributed by atoms with Gasteiger partial charge in [0, 0.05) is 6.54 Å². The Balaban J connectivity index is 1.84. The zero-order valence-corrected chi connectivity index (χ0v) is 11.6. The Morgan fingerprint density at radius 3 is 2.44 bits per heavy atom. The SMILES string of the molecule is CCc1nnc(NCCC2CCCC2)nc1CC. The molecule has 0 spiro atoms. The summed E-state index contributed by atoms with van der Waals surface area (Å²) < 4.78 is 0. The van der Waals surface area contributed by atoms with Crippen LogP contribution in [0.2, 0.25) is 0 Å². The third-order valence-electron chi connectivity index (χ3n) is 3.82. The molecular formula is C14H24N4. The lowest BCUT2D eigenvalue weighted by atomic mass is 10.0. The van der Waals surface area contributed by atoms with Crippen molar-refractivity contribution in [3.63, 3.8) is 0 Å². The number of rotatable bonds is 6. The second-order valence-electron chi connectivity index (χ2n) is 5.10. The highest BCUT2D eigenvalue weighted by atomic mass is 15.2. The van der Waals surface area contributed by atoms with E-state index in [1.54, 1.807) is 0 Å². The van der Waals surface area contributed by atoms with E-state index in [1.165, 1.54) is 32.1 Å². The highest BCUT2D eigenvalue weighted by Crippen LogP contribution is 2.27. The molecule has 1 fully saturated rings.